The monoisotopic (exact) mass is 228 g/mol. The first kappa shape index (κ1) is 14.5. The van der Waals surface area contributed by atoms with Gasteiger partial charge in [-0.15, -0.1) is 0 Å². The second kappa shape index (κ2) is 7.73. The van der Waals surface area contributed by atoms with Crippen LogP contribution in [0, 0.1) is 6.92 Å². The van der Waals surface area contributed by atoms with Crippen molar-refractivity contribution in [2.45, 2.75) is 33.2 Å². The molecule has 0 heterocycles. The van der Waals surface area contributed by atoms with E-state index in [1.54, 1.807) is 6.92 Å². The molecule has 0 radical (unpaired) electrons. The topological polar surface area (TPSA) is 58.4 Å². The molecule has 0 aliphatic rings. The van der Waals surface area contributed by atoms with Crippen molar-refractivity contribution < 1.29 is 18.9 Å². The predicted octanol–water partition coefficient (Wildman–Crippen LogP) is 0.975. The molecule has 0 aliphatic carbocycles. The molecule has 5 heteroatoms. The fourth-order valence-electron chi connectivity index (χ4n) is 1.12. The summed E-state index contributed by atoms with van der Waals surface area (Å²) in [6, 6.07) is -0.214. The summed E-state index contributed by atoms with van der Waals surface area (Å²) in [5.41, 5.74) is 0. The first-order valence-electron chi connectivity index (χ1n) is 5.37. The van der Waals surface area contributed by atoms with Crippen molar-refractivity contribution in [1.82, 2.24) is 5.32 Å². The Hall–Kier alpha value is -1.52. The van der Waals surface area contributed by atoms with E-state index in [9.17, 15) is 9.59 Å². The van der Waals surface area contributed by atoms with Crippen LogP contribution in [0.3, 0.4) is 0 Å². The summed E-state index contributed by atoms with van der Waals surface area (Å²) < 4.78 is 6.20. The van der Waals surface area contributed by atoms with Crippen molar-refractivity contribution >= 4 is 18.2 Å². The highest BCUT2D eigenvalue weighted by atomic mass is 16.5. The van der Waals surface area contributed by atoms with Gasteiger partial charge in [-0.05, 0) is 20.8 Å². The fraction of sp³-hybridized carbons (Fsp3) is 0.636. The molecule has 0 atom stereocenters. The van der Waals surface area contributed by atoms with Gasteiger partial charge in [0.15, 0.2) is 0 Å². The van der Waals surface area contributed by atoms with Crippen LogP contribution in [0.25, 0.3) is 0 Å². The lowest BCUT2D eigenvalue weighted by atomic mass is 10.4. The molecule has 0 aromatic rings. The van der Waals surface area contributed by atoms with Crippen LogP contribution in [0.15, 0.2) is 0 Å². The average Bonchev–Trinajstić information content (AvgIpc) is 2.18. The zero-order valence-corrected chi connectivity index (χ0v) is 10.2. The highest BCUT2D eigenvalue weighted by molar-refractivity contribution is 5.73. The Kier molecular flexibility index (Phi) is 7.00. The molecule has 0 saturated heterocycles. The molecule has 0 bridgehead atoms. The Labute approximate surface area is 96.5 Å². The number of nitrogens with zero attached hydrogens (tertiary/aromatic N) is 1. The summed E-state index contributed by atoms with van der Waals surface area (Å²) >= 11 is 0. The van der Waals surface area contributed by atoms with E-state index in [1.165, 1.54) is 10.8 Å². The first-order chi connectivity index (χ1) is 7.52. The van der Waals surface area contributed by atoms with Gasteiger partial charge >= 0.3 is 12.0 Å². The van der Waals surface area contributed by atoms with Gasteiger partial charge in [0, 0.05) is 0 Å². The Balaban J connectivity index is 3.94. The van der Waals surface area contributed by atoms with Crippen molar-refractivity contribution in [1.29, 1.82) is 0 Å². The minimum Gasteiger partial charge on any atom is -0.466 e. The van der Waals surface area contributed by atoms with Crippen LogP contribution in [0.1, 0.15) is 27.2 Å². The summed E-state index contributed by atoms with van der Waals surface area (Å²) in [6.45, 7) is 9.69. The number of hydrogen-bond acceptors (Lipinski definition) is 3. The van der Waals surface area contributed by atoms with Gasteiger partial charge < -0.3 is 11.7 Å². The molecule has 16 heavy (non-hydrogen) atoms. The minimum atomic E-state index is -0.308. The predicted molar refractivity (Wildman–Crippen MR) is 61.5 cm³/mol. The standard InChI is InChI=1S/C11H20N2O3/c1-5-13(9(3)4)11(15)12-8-7-10(14)16-6-2/h5,9H,1,6-8H2,2-4H3,(H,12,15)/b13-5+. The molecule has 1 N–H and O–H groups in total. The third kappa shape index (κ3) is 5.38. The Bertz CT molecular complexity index is 272. The maximum atomic E-state index is 11.5. The van der Waals surface area contributed by atoms with Gasteiger partial charge in [0.25, 0.3) is 0 Å². The second-order valence-corrected chi connectivity index (χ2v) is 3.47. The van der Waals surface area contributed by atoms with E-state index in [0.29, 0.717) is 6.61 Å². The highest BCUT2D eigenvalue weighted by Gasteiger charge is 2.16. The number of carbonyl (C=O) groups is 2. The maximum Gasteiger partial charge on any atom is 0.488 e. The summed E-state index contributed by atoms with van der Waals surface area (Å²) in [7, 11) is 0. The highest BCUT2D eigenvalue weighted by Crippen LogP contribution is 1.90. The third-order valence-corrected chi connectivity index (χ3v) is 1.90. The number of amides is 2. The van der Waals surface area contributed by atoms with Gasteiger partial charge in [-0.1, -0.05) is 6.21 Å². The van der Waals surface area contributed by atoms with Gasteiger partial charge in [0.2, 0.25) is 0 Å². The number of hydrogen-bond donors (Lipinski definition) is 1. The molecular weight excluding hydrogens is 208 g/mol. The van der Waals surface area contributed by atoms with Crippen LogP contribution >= 0.6 is 0 Å². The molecular formula is C11H20N2O3. The molecule has 2 amide bonds. The Morgan fingerprint density at radius 2 is 2.12 bits per heavy atom. The lowest BCUT2D eigenvalue weighted by Gasteiger charge is -2.09. The van der Waals surface area contributed by atoms with Gasteiger partial charge in [0.1, 0.15) is 0 Å². The Morgan fingerprint density at radius 3 is 2.56 bits per heavy atom. The normalized spacial score (nSPS) is 11.4. The van der Waals surface area contributed by atoms with Gasteiger partial charge in [-0.2, -0.15) is 4.79 Å². The van der Waals surface area contributed by atoms with Crippen LogP contribution in [0.4, 0.5) is 4.79 Å². The fourth-order valence-corrected chi connectivity index (χ4v) is 1.12. The lowest BCUT2D eigenvalue weighted by molar-refractivity contribution is -0.458. The van der Waals surface area contributed by atoms with Crippen LogP contribution < -0.4 is 5.32 Å². The van der Waals surface area contributed by atoms with Crippen LogP contribution in [0.2, 0.25) is 0 Å². The minimum absolute atomic E-state index is 0.0418. The molecule has 0 aromatic heterocycles. The molecule has 0 fully saturated rings. The molecule has 92 valence electrons. The van der Waals surface area contributed by atoms with Crippen molar-refractivity contribution in [3.8, 4) is 0 Å². The van der Waals surface area contributed by atoms with Gasteiger partial charge in [0.05, 0.1) is 25.6 Å². The van der Waals surface area contributed by atoms with Crippen molar-refractivity contribution in [2.75, 3.05) is 13.2 Å². The summed E-state index contributed by atoms with van der Waals surface area (Å²) in [5.74, 6) is -0.308. The largest absolute Gasteiger partial charge is 0.488 e. The van der Waals surface area contributed by atoms with E-state index >= 15 is 0 Å². The van der Waals surface area contributed by atoms with Crippen LogP contribution in [-0.2, 0) is 9.53 Å². The molecule has 5 nitrogen and oxygen atoms in total. The SMILES string of the molecule is [CH2-]/C=[N+](/C(=O)NCCC(=O)OCC)C(C)C. The van der Waals surface area contributed by atoms with E-state index in [0.717, 1.165) is 0 Å². The van der Waals surface area contributed by atoms with E-state index in [4.69, 9.17) is 4.74 Å². The molecule has 0 spiro atoms. The van der Waals surface area contributed by atoms with E-state index in [2.05, 4.69) is 12.2 Å². The molecule has 0 saturated carbocycles. The average molecular weight is 228 g/mol. The third-order valence-electron chi connectivity index (χ3n) is 1.90. The van der Waals surface area contributed by atoms with Crippen molar-refractivity contribution in [3.63, 3.8) is 0 Å². The number of esters is 1. The van der Waals surface area contributed by atoms with E-state index < -0.39 is 0 Å². The smallest absolute Gasteiger partial charge is 0.466 e. The van der Waals surface area contributed by atoms with Crippen LogP contribution in [-0.4, -0.2) is 42.0 Å². The Morgan fingerprint density at radius 1 is 1.50 bits per heavy atom. The van der Waals surface area contributed by atoms with E-state index in [-0.39, 0.29) is 31.0 Å². The zero-order chi connectivity index (χ0) is 12.6. The molecule has 0 unspecified atom stereocenters. The number of nitrogens with one attached hydrogen (secondary N) is 1. The number of carbonyl (C=O) groups excluding carboxylic acids is 2. The van der Waals surface area contributed by atoms with Crippen LogP contribution in [0.5, 0.6) is 0 Å². The zero-order valence-electron chi connectivity index (χ0n) is 10.2. The van der Waals surface area contributed by atoms with Crippen molar-refractivity contribution in [2.24, 2.45) is 0 Å². The quantitative estimate of drug-likeness (QED) is 0.330. The van der Waals surface area contributed by atoms with Gasteiger partial charge in [-0.3, -0.25) is 4.79 Å². The maximum absolute atomic E-state index is 11.5. The number of ether oxygens (including phenoxy) is 1. The van der Waals surface area contributed by atoms with Gasteiger partial charge in [-0.25, -0.2) is 9.89 Å². The summed E-state index contributed by atoms with van der Waals surface area (Å²) in [6.07, 6.45) is 1.65. The molecule has 0 aliphatic heterocycles. The second-order valence-electron chi connectivity index (χ2n) is 3.47. The van der Waals surface area contributed by atoms with Crippen molar-refractivity contribution in [3.05, 3.63) is 6.92 Å². The number of rotatable bonds is 5. The summed E-state index contributed by atoms with van der Waals surface area (Å²) in [5, 5.41) is 2.62. The molecule has 0 aromatic carbocycles. The molecule has 0 rings (SSSR count). The lowest BCUT2D eigenvalue weighted by Crippen LogP contribution is -2.38. The number of urea groups is 1. The first-order valence-corrected chi connectivity index (χ1v) is 5.37. The summed E-state index contributed by atoms with van der Waals surface area (Å²) in [4.78, 5) is 22.5. The van der Waals surface area contributed by atoms with E-state index in [1.807, 2.05) is 13.8 Å².